The Bertz CT molecular complexity index is 391. The third kappa shape index (κ3) is 3.85. The molecule has 92 valence electrons. The van der Waals surface area contributed by atoms with Gasteiger partial charge in [0.2, 0.25) is 0 Å². The Morgan fingerprint density at radius 1 is 1.41 bits per heavy atom. The Morgan fingerprint density at radius 2 is 2.18 bits per heavy atom. The van der Waals surface area contributed by atoms with Crippen molar-refractivity contribution in [3.63, 3.8) is 0 Å². The molecule has 1 amide bonds. The number of amides is 1. The largest absolute Gasteiger partial charge is 0.484 e. The van der Waals surface area contributed by atoms with Gasteiger partial charge in [-0.25, -0.2) is 0 Å². The van der Waals surface area contributed by atoms with Crippen LogP contribution >= 0.6 is 22.6 Å². The molecule has 0 atom stereocenters. The molecule has 0 spiro atoms. The van der Waals surface area contributed by atoms with Crippen molar-refractivity contribution >= 4 is 28.5 Å². The van der Waals surface area contributed by atoms with E-state index >= 15 is 0 Å². The van der Waals surface area contributed by atoms with E-state index in [1.807, 2.05) is 24.3 Å². The number of benzene rings is 1. The van der Waals surface area contributed by atoms with Gasteiger partial charge in [-0.15, -0.1) is 0 Å². The highest BCUT2D eigenvalue weighted by molar-refractivity contribution is 14.1. The molecular formula is C12H14INO3. The second-order valence-corrected chi connectivity index (χ2v) is 4.98. The smallest absolute Gasteiger partial charge is 0.260 e. The molecule has 4 nitrogen and oxygen atoms in total. The lowest BCUT2D eigenvalue weighted by Gasteiger charge is -2.26. The first-order chi connectivity index (χ1) is 8.25. The van der Waals surface area contributed by atoms with Crippen LogP contribution in [0.1, 0.15) is 0 Å². The monoisotopic (exact) mass is 347 g/mol. The molecule has 1 saturated heterocycles. The summed E-state index contributed by atoms with van der Waals surface area (Å²) in [4.78, 5) is 13.6. The van der Waals surface area contributed by atoms with Crippen molar-refractivity contribution in [3.05, 3.63) is 27.8 Å². The van der Waals surface area contributed by atoms with Crippen LogP contribution in [0.3, 0.4) is 0 Å². The van der Waals surface area contributed by atoms with Gasteiger partial charge in [0.15, 0.2) is 6.61 Å². The first-order valence-corrected chi connectivity index (χ1v) is 6.57. The SMILES string of the molecule is O=C(COc1cccc(I)c1)N1CCOCC1. The van der Waals surface area contributed by atoms with Crippen molar-refractivity contribution in [2.24, 2.45) is 0 Å². The van der Waals surface area contributed by atoms with Gasteiger partial charge in [0, 0.05) is 16.7 Å². The predicted octanol–water partition coefficient (Wildman–Crippen LogP) is 1.53. The number of hydrogen-bond acceptors (Lipinski definition) is 3. The Morgan fingerprint density at radius 3 is 2.88 bits per heavy atom. The molecule has 0 radical (unpaired) electrons. The molecule has 1 aliphatic rings. The molecule has 0 aromatic heterocycles. The Balaban J connectivity index is 1.83. The van der Waals surface area contributed by atoms with E-state index in [9.17, 15) is 4.79 Å². The van der Waals surface area contributed by atoms with Crippen LogP contribution in [-0.4, -0.2) is 43.7 Å². The summed E-state index contributed by atoms with van der Waals surface area (Å²) in [6.07, 6.45) is 0. The number of carbonyl (C=O) groups is 1. The highest BCUT2D eigenvalue weighted by Gasteiger charge is 2.16. The summed E-state index contributed by atoms with van der Waals surface area (Å²) >= 11 is 2.21. The number of rotatable bonds is 3. The van der Waals surface area contributed by atoms with Gasteiger partial charge in [-0.1, -0.05) is 6.07 Å². The third-order valence-corrected chi connectivity index (χ3v) is 3.19. The number of hydrogen-bond donors (Lipinski definition) is 0. The van der Waals surface area contributed by atoms with Gasteiger partial charge in [0.1, 0.15) is 5.75 Å². The number of ether oxygens (including phenoxy) is 2. The molecule has 0 unspecified atom stereocenters. The maximum Gasteiger partial charge on any atom is 0.260 e. The number of halogens is 1. The zero-order chi connectivity index (χ0) is 12.1. The van der Waals surface area contributed by atoms with E-state index in [1.165, 1.54) is 0 Å². The summed E-state index contributed by atoms with van der Waals surface area (Å²) < 4.78 is 11.8. The Hall–Kier alpha value is -0.820. The lowest BCUT2D eigenvalue weighted by atomic mass is 10.3. The lowest BCUT2D eigenvalue weighted by molar-refractivity contribution is -0.137. The summed E-state index contributed by atoms with van der Waals surface area (Å²) in [5.41, 5.74) is 0. The van der Waals surface area contributed by atoms with Gasteiger partial charge in [-0.3, -0.25) is 4.79 Å². The maximum absolute atomic E-state index is 11.8. The zero-order valence-electron chi connectivity index (χ0n) is 9.39. The van der Waals surface area contributed by atoms with Gasteiger partial charge in [0.25, 0.3) is 5.91 Å². The lowest BCUT2D eigenvalue weighted by Crippen LogP contribution is -2.42. The van der Waals surface area contributed by atoms with Crippen molar-refractivity contribution in [2.75, 3.05) is 32.9 Å². The first-order valence-electron chi connectivity index (χ1n) is 5.49. The quantitative estimate of drug-likeness (QED) is 0.779. The topological polar surface area (TPSA) is 38.8 Å². The minimum atomic E-state index is 0.0205. The van der Waals surface area contributed by atoms with Crippen LogP contribution in [0.15, 0.2) is 24.3 Å². The van der Waals surface area contributed by atoms with Crippen molar-refractivity contribution in [2.45, 2.75) is 0 Å². The molecule has 1 aliphatic heterocycles. The fourth-order valence-electron chi connectivity index (χ4n) is 1.61. The normalized spacial score (nSPS) is 15.7. The molecule has 1 fully saturated rings. The fraction of sp³-hybridized carbons (Fsp3) is 0.417. The highest BCUT2D eigenvalue weighted by Crippen LogP contribution is 2.14. The second-order valence-electron chi connectivity index (χ2n) is 3.74. The van der Waals surface area contributed by atoms with Crippen LogP contribution in [0.4, 0.5) is 0 Å². The molecule has 2 rings (SSSR count). The average molecular weight is 347 g/mol. The van der Waals surface area contributed by atoms with E-state index in [0.717, 1.165) is 9.32 Å². The summed E-state index contributed by atoms with van der Waals surface area (Å²) in [6, 6.07) is 7.66. The average Bonchev–Trinajstić information content (AvgIpc) is 2.37. The molecule has 0 saturated carbocycles. The van der Waals surface area contributed by atoms with Crippen LogP contribution in [0.2, 0.25) is 0 Å². The predicted molar refractivity (Wildman–Crippen MR) is 72.1 cm³/mol. The van der Waals surface area contributed by atoms with E-state index in [0.29, 0.717) is 26.3 Å². The minimum absolute atomic E-state index is 0.0205. The number of morpholine rings is 1. The number of carbonyl (C=O) groups excluding carboxylic acids is 1. The van der Waals surface area contributed by atoms with Crippen LogP contribution in [-0.2, 0) is 9.53 Å². The van der Waals surface area contributed by atoms with Crippen molar-refractivity contribution in [3.8, 4) is 5.75 Å². The summed E-state index contributed by atoms with van der Waals surface area (Å²) in [7, 11) is 0. The van der Waals surface area contributed by atoms with Gasteiger partial charge in [0.05, 0.1) is 13.2 Å². The van der Waals surface area contributed by atoms with Crippen LogP contribution in [0, 0.1) is 3.57 Å². The third-order valence-electron chi connectivity index (χ3n) is 2.52. The van der Waals surface area contributed by atoms with Crippen molar-refractivity contribution in [1.82, 2.24) is 4.90 Å². The molecule has 5 heteroatoms. The molecular weight excluding hydrogens is 333 g/mol. The van der Waals surface area contributed by atoms with E-state index in [4.69, 9.17) is 9.47 Å². The van der Waals surface area contributed by atoms with Gasteiger partial charge >= 0.3 is 0 Å². The van der Waals surface area contributed by atoms with Gasteiger partial charge in [-0.2, -0.15) is 0 Å². The molecule has 0 bridgehead atoms. The standard InChI is InChI=1S/C12H14INO3/c13-10-2-1-3-11(8-10)17-9-12(15)14-4-6-16-7-5-14/h1-3,8H,4-7,9H2. The fourth-order valence-corrected chi connectivity index (χ4v) is 2.12. The first kappa shape index (κ1) is 12.6. The maximum atomic E-state index is 11.8. The summed E-state index contributed by atoms with van der Waals surface area (Å²) in [5.74, 6) is 0.755. The van der Waals surface area contributed by atoms with Crippen LogP contribution < -0.4 is 4.74 Å². The number of nitrogens with zero attached hydrogens (tertiary/aromatic N) is 1. The van der Waals surface area contributed by atoms with Gasteiger partial charge in [-0.05, 0) is 40.8 Å². The van der Waals surface area contributed by atoms with Crippen molar-refractivity contribution in [1.29, 1.82) is 0 Å². The Kier molecular flexibility index (Phi) is 4.61. The molecule has 1 aromatic rings. The second kappa shape index (κ2) is 6.20. The molecule has 0 N–H and O–H groups in total. The molecule has 1 aromatic carbocycles. The molecule has 1 heterocycles. The van der Waals surface area contributed by atoms with Crippen LogP contribution in [0.5, 0.6) is 5.75 Å². The molecule has 0 aliphatic carbocycles. The minimum Gasteiger partial charge on any atom is -0.484 e. The van der Waals surface area contributed by atoms with Crippen LogP contribution in [0.25, 0.3) is 0 Å². The molecule has 17 heavy (non-hydrogen) atoms. The van der Waals surface area contributed by atoms with E-state index in [1.54, 1.807) is 4.90 Å². The summed E-state index contributed by atoms with van der Waals surface area (Å²) in [5, 5.41) is 0. The Labute approximate surface area is 114 Å². The van der Waals surface area contributed by atoms with E-state index < -0.39 is 0 Å². The highest BCUT2D eigenvalue weighted by atomic mass is 127. The van der Waals surface area contributed by atoms with Gasteiger partial charge < -0.3 is 14.4 Å². The van der Waals surface area contributed by atoms with E-state index in [-0.39, 0.29) is 12.5 Å². The zero-order valence-corrected chi connectivity index (χ0v) is 11.6. The van der Waals surface area contributed by atoms with Crippen molar-refractivity contribution < 1.29 is 14.3 Å². The summed E-state index contributed by atoms with van der Waals surface area (Å²) in [6.45, 7) is 2.66. The van der Waals surface area contributed by atoms with E-state index in [2.05, 4.69) is 22.6 Å².